The van der Waals surface area contributed by atoms with Gasteiger partial charge in [-0.05, 0) is 96.4 Å². The number of aliphatic hydroxyl groups is 1. The van der Waals surface area contributed by atoms with Crippen molar-refractivity contribution in [1.82, 2.24) is 20.5 Å². The summed E-state index contributed by atoms with van der Waals surface area (Å²) in [6.07, 6.45) is 4.92. The summed E-state index contributed by atoms with van der Waals surface area (Å²) in [5.74, 6) is -0.195. The molecule has 2 aliphatic heterocycles. The molecule has 58 heavy (non-hydrogen) atoms. The highest BCUT2D eigenvalue weighted by Crippen LogP contribution is 2.38. The summed E-state index contributed by atoms with van der Waals surface area (Å²) in [6, 6.07) is 27.3. The first-order chi connectivity index (χ1) is 28.1. The second-order valence-electron chi connectivity index (χ2n) is 15.1. The lowest BCUT2D eigenvalue weighted by Gasteiger charge is -2.46. The summed E-state index contributed by atoms with van der Waals surface area (Å²) in [6.45, 7) is 7.58. The number of halogens is 1. The highest BCUT2D eigenvalue weighted by molar-refractivity contribution is 6.32. The quantitative estimate of drug-likeness (QED) is 0.0817. The molecule has 3 heterocycles. The van der Waals surface area contributed by atoms with Gasteiger partial charge in [-0.2, -0.15) is 5.26 Å². The summed E-state index contributed by atoms with van der Waals surface area (Å²) < 4.78 is 12.5. The number of hydrogen-bond donors (Lipinski definition) is 4. The number of rotatable bonds is 15. The number of β-lactam (4-membered cyclic amide) rings is 1. The van der Waals surface area contributed by atoms with E-state index in [2.05, 4.69) is 89.0 Å². The molecule has 2 saturated heterocycles. The van der Waals surface area contributed by atoms with Gasteiger partial charge in [0.2, 0.25) is 5.91 Å². The molecule has 12 heteroatoms. The van der Waals surface area contributed by atoms with Crippen LogP contribution in [-0.4, -0.2) is 64.3 Å². The number of aliphatic hydroxyl groups excluding tert-OH is 1. The minimum absolute atomic E-state index is 0.0501. The highest BCUT2D eigenvalue weighted by atomic mass is 35.5. The smallest absolute Gasteiger partial charge is 0.323 e. The predicted molar refractivity (Wildman–Crippen MR) is 221 cm³/mol. The largest absolute Gasteiger partial charge is 0.488 e. The van der Waals surface area contributed by atoms with Crippen LogP contribution >= 0.6 is 11.6 Å². The van der Waals surface area contributed by atoms with Crippen LogP contribution in [0, 0.1) is 30.6 Å². The van der Waals surface area contributed by atoms with Crippen LogP contribution in [-0.2, 0) is 35.9 Å². The zero-order valence-electron chi connectivity index (χ0n) is 32.6. The Balaban J connectivity index is 1.06. The molecule has 11 nitrogen and oxygen atoms in total. The molecule has 4 N–H and O–H groups in total. The first kappa shape index (κ1) is 40.4. The van der Waals surface area contributed by atoms with Crippen LogP contribution in [0.2, 0.25) is 5.02 Å². The molecule has 1 atom stereocenters. The number of aromatic nitrogens is 1. The number of likely N-dealkylation sites (tertiary alicyclic amines) is 1. The van der Waals surface area contributed by atoms with Gasteiger partial charge in [-0.25, -0.2) is 0 Å². The molecule has 298 valence electrons. The number of nitriles is 1. The number of aliphatic carboxylic acids is 1. The van der Waals surface area contributed by atoms with Gasteiger partial charge >= 0.3 is 5.97 Å². The van der Waals surface area contributed by atoms with E-state index in [0.29, 0.717) is 33.2 Å². The van der Waals surface area contributed by atoms with Gasteiger partial charge in [-0.1, -0.05) is 72.3 Å². The Morgan fingerprint density at radius 2 is 1.64 bits per heavy atom. The van der Waals surface area contributed by atoms with E-state index in [1.807, 2.05) is 12.1 Å². The van der Waals surface area contributed by atoms with Gasteiger partial charge < -0.3 is 25.0 Å². The van der Waals surface area contributed by atoms with Gasteiger partial charge in [-0.15, -0.1) is 0 Å². The Labute approximate surface area is 343 Å². The number of carbonyl (C=O) groups is 2. The number of ether oxygens (including phenoxy) is 2. The number of piperidine rings is 1. The van der Waals surface area contributed by atoms with E-state index in [4.69, 9.17) is 21.1 Å². The Hall–Kier alpha value is -5.77. The minimum atomic E-state index is -1.19. The average Bonchev–Trinajstić information content (AvgIpc) is 3.24. The molecule has 7 rings (SSSR count). The molecule has 1 spiro atoms. The number of carbonyl (C=O) groups excluding carboxylic acids is 1. The molecule has 5 aromatic rings. The van der Waals surface area contributed by atoms with Gasteiger partial charge in [-0.3, -0.25) is 24.8 Å². The van der Waals surface area contributed by atoms with Crippen molar-refractivity contribution in [3.63, 3.8) is 0 Å². The third-order valence-corrected chi connectivity index (χ3v) is 11.8. The zero-order valence-corrected chi connectivity index (χ0v) is 33.3. The lowest BCUT2D eigenvalue weighted by atomic mass is 9.72. The monoisotopic (exact) mass is 799 g/mol. The van der Waals surface area contributed by atoms with E-state index in [9.17, 15) is 25.1 Å². The zero-order chi connectivity index (χ0) is 40.8. The number of amides is 1. The first-order valence-electron chi connectivity index (χ1n) is 19.3. The third-order valence-electron chi connectivity index (χ3n) is 11.5. The predicted octanol–water partition coefficient (Wildman–Crippen LogP) is 6.96. The van der Waals surface area contributed by atoms with E-state index in [1.54, 1.807) is 24.4 Å². The molecule has 1 unspecified atom stereocenters. The SMILES string of the molecule is Cc1c(COc2cc(OCc3cncc(C#N)c3)c(CNC(CO)C(=O)O)cc2Cl)cccc1-c1cccc(-c2ccc(CN3CCC4(CC3)CNC4=O)cc2)c1C. The lowest BCUT2D eigenvalue weighted by Crippen LogP contribution is -2.62. The number of carboxylic acids is 1. The molecular formula is C46H46ClN5O6. The minimum Gasteiger partial charge on any atom is -0.488 e. The summed E-state index contributed by atoms with van der Waals surface area (Å²) in [7, 11) is 0. The fourth-order valence-electron chi connectivity index (χ4n) is 7.74. The van der Waals surface area contributed by atoms with E-state index in [0.717, 1.165) is 66.8 Å². The summed E-state index contributed by atoms with van der Waals surface area (Å²) in [5, 5.41) is 34.3. The number of pyridine rings is 1. The van der Waals surface area contributed by atoms with Crippen LogP contribution in [0.4, 0.5) is 0 Å². The van der Waals surface area contributed by atoms with E-state index in [-0.39, 0.29) is 31.1 Å². The van der Waals surface area contributed by atoms with Gasteiger partial charge in [0.25, 0.3) is 0 Å². The Morgan fingerprint density at radius 3 is 2.31 bits per heavy atom. The summed E-state index contributed by atoms with van der Waals surface area (Å²) >= 11 is 6.74. The maximum atomic E-state index is 12.1. The first-order valence-corrected chi connectivity index (χ1v) is 19.7. The van der Waals surface area contributed by atoms with Gasteiger partial charge in [0.1, 0.15) is 36.8 Å². The molecule has 1 amide bonds. The van der Waals surface area contributed by atoms with E-state index < -0.39 is 18.6 Å². The van der Waals surface area contributed by atoms with Crippen molar-refractivity contribution in [2.45, 2.75) is 59.0 Å². The average molecular weight is 800 g/mol. The second-order valence-corrected chi connectivity index (χ2v) is 15.5. The number of benzene rings is 4. The van der Waals surface area contributed by atoms with Crippen LogP contribution in [0.3, 0.4) is 0 Å². The van der Waals surface area contributed by atoms with Crippen molar-refractivity contribution in [3.8, 4) is 39.8 Å². The number of nitrogens with zero attached hydrogens (tertiary/aromatic N) is 3. The highest BCUT2D eigenvalue weighted by Gasteiger charge is 2.47. The molecule has 0 bridgehead atoms. The summed E-state index contributed by atoms with van der Waals surface area (Å²) in [5.41, 5.74) is 10.5. The van der Waals surface area contributed by atoms with Crippen LogP contribution in [0.15, 0.2) is 91.3 Å². The van der Waals surface area contributed by atoms with E-state index in [1.165, 1.54) is 22.9 Å². The number of nitrogens with one attached hydrogen (secondary N) is 2. The fraction of sp³-hybridized carbons (Fsp3) is 0.304. The maximum Gasteiger partial charge on any atom is 0.323 e. The van der Waals surface area contributed by atoms with Crippen molar-refractivity contribution < 1.29 is 29.3 Å². The van der Waals surface area contributed by atoms with Gasteiger partial charge in [0.05, 0.1) is 22.6 Å². The number of carboxylic acid groups (broad SMARTS) is 1. The molecular weight excluding hydrogens is 754 g/mol. The Bertz CT molecular complexity index is 2350. The molecule has 1 aromatic heterocycles. The lowest BCUT2D eigenvalue weighted by molar-refractivity contribution is -0.144. The third kappa shape index (κ3) is 8.86. The van der Waals surface area contributed by atoms with Crippen molar-refractivity contribution in [1.29, 1.82) is 5.26 Å². The topological polar surface area (TPSA) is 157 Å². The normalized spacial score (nSPS) is 15.3. The van der Waals surface area contributed by atoms with Crippen molar-refractivity contribution >= 4 is 23.5 Å². The molecule has 2 aliphatic rings. The van der Waals surface area contributed by atoms with Crippen LogP contribution in [0.25, 0.3) is 22.3 Å². The molecule has 2 fully saturated rings. The fourth-order valence-corrected chi connectivity index (χ4v) is 7.98. The van der Waals surface area contributed by atoms with E-state index >= 15 is 0 Å². The van der Waals surface area contributed by atoms with Crippen LogP contribution in [0.5, 0.6) is 11.5 Å². The second kappa shape index (κ2) is 17.8. The standard InChI is InChI=1S/C46H46ClN5O6/c1-29-35(27-58-43-19-42(57-26-33-17-32(20-48)21-49-22-33)36(18-40(43)47)23-50-41(25-53)44(54)55)5-3-7-38(29)39-8-4-6-37(30(39)2)34-11-9-31(10-12-34)24-52-15-13-46(14-16-52)28-51-45(46)56/h3-12,17-19,21-22,41,50,53H,13-16,23-28H2,1-2H3,(H,51,56)(H,54,55). The van der Waals surface area contributed by atoms with Crippen molar-refractivity contribution in [2.24, 2.45) is 5.41 Å². The summed E-state index contributed by atoms with van der Waals surface area (Å²) in [4.78, 5) is 30.2. The van der Waals surface area contributed by atoms with Gasteiger partial charge in [0, 0.05) is 49.2 Å². The maximum absolute atomic E-state index is 12.1. The number of hydrogen-bond acceptors (Lipinski definition) is 9. The molecule has 4 aromatic carbocycles. The van der Waals surface area contributed by atoms with Gasteiger partial charge in [0.15, 0.2) is 0 Å². The van der Waals surface area contributed by atoms with Crippen LogP contribution < -0.4 is 20.1 Å². The Morgan fingerprint density at radius 1 is 0.931 bits per heavy atom. The van der Waals surface area contributed by atoms with Crippen molar-refractivity contribution in [2.75, 3.05) is 26.2 Å². The van der Waals surface area contributed by atoms with Crippen LogP contribution in [0.1, 0.15) is 51.8 Å². The molecule has 0 saturated carbocycles. The molecule has 0 aliphatic carbocycles. The van der Waals surface area contributed by atoms with Crippen molar-refractivity contribution in [3.05, 3.63) is 135 Å². The molecule has 0 radical (unpaired) electrons. The Kier molecular flexibility index (Phi) is 12.4.